The van der Waals surface area contributed by atoms with E-state index in [1.165, 1.54) is 25.1 Å². The zero-order valence-corrected chi connectivity index (χ0v) is 39.7. The minimum Gasteiger partial charge on any atom is -0.460 e. The summed E-state index contributed by atoms with van der Waals surface area (Å²) >= 11 is 0. The number of cyclic esters (lactones) is 1. The van der Waals surface area contributed by atoms with E-state index < -0.39 is 53.6 Å². The van der Waals surface area contributed by atoms with Crippen LogP contribution in [0.25, 0.3) is 22.3 Å². The first-order valence-electron chi connectivity index (χ1n) is 23.5. The summed E-state index contributed by atoms with van der Waals surface area (Å²) in [4.78, 5) is 108. The number of hydrogen-bond acceptors (Lipinski definition) is 14. The standard InChI is InChI=1S/C50H57FN8O12/c1-4-32-33-22-41-45-36(25-59(41)48(65)37(33)27-70-49(32)66)35(34-21-28(2)38(51)23-40(34)56-45)24-53-50(67)71-26-30-8-10-31(11-9-30)55-47(64)39(7-5-6-15-52)57-46(63)29(3)54-42(60)14-17-68-19-20-69-18-16-58-43(61)12-13-44(58)62/h8-13,21-23,29,32,39H,4-7,14-20,24-27,52H2,1-3H3,(H,53,67)(H,54,60)(H,55,64)(H,57,63)/t29-,32?,39-/m0/s1. The van der Waals surface area contributed by atoms with E-state index in [2.05, 4.69) is 21.3 Å². The Bertz CT molecular complexity index is 2800. The Morgan fingerprint density at radius 2 is 1.66 bits per heavy atom. The molecule has 6 amide bonds. The second-order valence-electron chi connectivity index (χ2n) is 17.3. The van der Waals surface area contributed by atoms with Crippen molar-refractivity contribution >= 4 is 58.2 Å². The van der Waals surface area contributed by atoms with Crippen LogP contribution in [0.1, 0.15) is 85.3 Å². The predicted octanol–water partition coefficient (Wildman–Crippen LogP) is 3.25. The number of carbonyl (C=O) groups excluding carboxylic acids is 7. The molecule has 7 rings (SSSR count). The number of benzene rings is 2. The van der Waals surface area contributed by atoms with Crippen LogP contribution in [-0.4, -0.2) is 108 Å². The Hall–Kier alpha value is -7.36. The maximum Gasteiger partial charge on any atom is 0.407 e. The molecule has 0 saturated heterocycles. The van der Waals surface area contributed by atoms with Crippen LogP contribution in [0.2, 0.25) is 0 Å². The lowest BCUT2D eigenvalue weighted by Gasteiger charge is -2.24. The van der Waals surface area contributed by atoms with Gasteiger partial charge in [-0.05, 0) is 92.6 Å². The number of unbranched alkanes of at least 4 members (excludes halogenated alkanes) is 1. The number of imide groups is 1. The van der Waals surface area contributed by atoms with Crippen molar-refractivity contribution in [2.24, 2.45) is 5.73 Å². The van der Waals surface area contributed by atoms with E-state index in [1.54, 1.807) is 47.9 Å². The minimum atomic E-state index is -0.969. The molecule has 6 N–H and O–H groups in total. The van der Waals surface area contributed by atoms with E-state index in [1.807, 2.05) is 6.92 Å². The van der Waals surface area contributed by atoms with E-state index >= 15 is 0 Å². The van der Waals surface area contributed by atoms with Gasteiger partial charge in [0.25, 0.3) is 17.4 Å². The number of nitrogens with one attached hydrogen (secondary N) is 4. The number of nitrogens with two attached hydrogens (primary N) is 1. The Morgan fingerprint density at radius 3 is 2.38 bits per heavy atom. The Balaban J connectivity index is 0.888. The van der Waals surface area contributed by atoms with Gasteiger partial charge in [-0.3, -0.25) is 38.5 Å². The summed E-state index contributed by atoms with van der Waals surface area (Å²) in [7, 11) is 0. The fourth-order valence-corrected chi connectivity index (χ4v) is 8.52. The zero-order valence-electron chi connectivity index (χ0n) is 39.7. The monoisotopic (exact) mass is 980 g/mol. The van der Waals surface area contributed by atoms with Crippen molar-refractivity contribution in [3.63, 3.8) is 0 Å². The van der Waals surface area contributed by atoms with Crippen molar-refractivity contribution in [3.05, 3.63) is 104 Å². The fourth-order valence-electron chi connectivity index (χ4n) is 8.52. The van der Waals surface area contributed by atoms with E-state index in [0.29, 0.717) is 87.2 Å². The van der Waals surface area contributed by atoms with Crippen molar-refractivity contribution in [3.8, 4) is 11.4 Å². The molecule has 3 atom stereocenters. The maximum atomic E-state index is 14.9. The number of alkyl carbamates (subject to hydrolysis) is 1. The number of nitrogens with zero attached hydrogens (tertiary/aromatic N) is 3. The number of hydrogen-bond donors (Lipinski definition) is 5. The van der Waals surface area contributed by atoms with E-state index in [9.17, 15) is 42.7 Å². The van der Waals surface area contributed by atoms with Crippen LogP contribution < -0.4 is 32.6 Å². The highest BCUT2D eigenvalue weighted by Crippen LogP contribution is 2.39. The summed E-state index contributed by atoms with van der Waals surface area (Å²) in [5, 5.41) is 11.5. The van der Waals surface area contributed by atoms with Crippen LogP contribution >= 0.6 is 0 Å². The molecule has 20 nitrogen and oxygen atoms in total. The second-order valence-corrected chi connectivity index (χ2v) is 17.3. The highest BCUT2D eigenvalue weighted by atomic mass is 19.1. The first kappa shape index (κ1) is 51.5. The molecule has 0 radical (unpaired) electrons. The van der Waals surface area contributed by atoms with Crippen molar-refractivity contribution in [1.29, 1.82) is 0 Å². The quantitative estimate of drug-likeness (QED) is 0.0358. The lowest BCUT2D eigenvalue weighted by molar-refractivity contribution is -0.148. The molecule has 1 unspecified atom stereocenters. The van der Waals surface area contributed by atoms with Crippen molar-refractivity contribution < 1.29 is 56.9 Å². The van der Waals surface area contributed by atoms with Crippen molar-refractivity contribution in [2.75, 3.05) is 44.8 Å². The summed E-state index contributed by atoms with van der Waals surface area (Å²) in [6, 6.07) is 9.43. The van der Waals surface area contributed by atoms with Crippen LogP contribution in [0.15, 0.2) is 59.4 Å². The second kappa shape index (κ2) is 23.5. The number of esters is 1. The molecule has 3 aliphatic heterocycles. The Morgan fingerprint density at radius 1 is 0.930 bits per heavy atom. The lowest BCUT2D eigenvalue weighted by Crippen LogP contribution is -2.51. The predicted molar refractivity (Wildman–Crippen MR) is 255 cm³/mol. The fraction of sp³-hybridized carbons (Fsp3) is 0.420. The molecule has 4 aromatic rings. The molecule has 71 heavy (non-hydrogen) atoms. The molecule has 2 aromatic carbocycles. The Labute approximate surface area is 407 Å². The van der Waals surface area contributed by atoms with Gasteiger partial charge in [-0.1, -0.05) is 19.1 Å². The van der Waals surface area contributed by atoms with E-state index in [-0.39, 0.29) is 89.5 Å². The first-order valence-corrected chi connectivity index (χ1v) is 23.5. The number of carbonyl (C=O) groups is 7. The molecule has 21 heteroatoms. The van der Waals surface area contributed by atoms with Crippen LogP contribution in [0.3, 0.4) is 0 Å². The minimum absolute atomic E-state index is 0.0332. The average Bonchev–Trinajstić information content (AvgIpc) is 3.88. The average molecular weight is 981 g/mol. The third-order valence-corrected chi connectivity index (χ3v) is 12.5. The van der Waals surface area contributed by atoms with Gasteiger partial charge in [0.2, 0.25) is 17.7 Å². The Kier molecular flexibility index (Phi) is 17.0. The van der Waals surface area contributed by atoms with Crippen LogP contribution in [0.5, 0.6) is 0 Å². The molecular formula is C50H57FN8O12. The number of halogens is 1. The molecule has 376 valence electrons. The van der Waals surface area contributed by atoms with Gasteiger partial charge in [-0.15, -0.1) is 0 Å². The zero-order chi connectivity index (χ0) is 50.8. The molecule has 0 fully saturated rings. The van der Waals surface area contributed by atoms with Crippen LogP contribution in [-0.2, 0) is 74.0 Å². The third-order valence-electron chi connectivity index (χ3n) is 12.5. The molecule has 0 saturated carbocycles. The molecular weight excluding hydrogens is 924 g/mol. The number of ether oxygens (including phenoxy) is 4. The summed E-state index contributed by atoms with van der Waals surface area (Å²) in [6.45, 7) is 5.88. The lowest BCUT2D eigenvalue weighted by atomic mass is 9.90. The molecule has 5 heterocycles. The van der Waals surface area contributed by atoms with Gasteiger partial charge in [0.15, 0.2) is 0 Å². The van der Waals surface area contributed by atoms with E-state index in [0.717, 1.165) is 4.90 Å². The van der Waals surface area contributed by atoms with Crippen LogP contribution in [0, 0.1) is 12.7 Å². The molecule has 2 aromatic heterocycles. The van der Waals surface area contributed by atoms with Gasteiger partial charge in [0.05, 0.1) is 67.9 Å². The SMILES string of the molecule is CCC1C(=O)OCc2c1cc1n(c2=O)Cc2c-1nc1cc(F)c(C)cc1c2CNC(=O)OCc1ccc(NC(=O)[C@H](CCCCN)NC(=O)[C@H](C)NC(=O)CCOCCOCCN2C(=O)C=CC2=O)cc1. The van der Waals surface area contributed by atoms with E-state index in [4.69, 9.17) is 29.7 Å². The maximum absolute atomic E-state index is 14.9. The van der Waals surface area contributed by atoms with Gasteiger partial charge in [-0.25, -0.2) is 14.2 Å². The van der Waals surface area contributed by atoms with Gasteiger partial charge < -0.3 is 50.5 Å². The topological polar surface area (TPSA) is 269 Å². The molecule has 3 aliphatic rings. The third kappa shape index (κ3) is 12.3. The molecule has 0 aliphatic carbocycles. The summed E-state index contributed by atoms with van der Waals surface area (Å²) in [5.74, 6) is -3.74. The normalized spacial score (nSPS) is 15.4. The summed E-state index contributed by atoms with van der Waals surface area (Å²) in [6.07, 6.45) is 3.50. The molecule has 0 bridgehead atoms. The largest absolute Gasteiger partial charge is 0.460 e. The number of amides is 6. The number of rotatable bonds is 23. The van der Waals surface area contributed by atoms with Crippen LogP contribution in [0.4, 0.5) is 14.9 Å². The highest BCUT2D eigenvalue weighted by molar-refractivity contribution is 6.12. The van der Waals surface area contributed by atoms with Gasteiger partial charge >= 0.3 is 12.1 Å². The number of fused-ring (bicyclic) bond motifs is 5. The number of pyridine rings is 2. The molecule has 0 spiro atoms. The number of anilines is 1. The summed E-state index contributed by atoms with van der Waals surface area (Å²) in [5.41, 5.74) is 10.4. The smallest absolute Gasteiger partial charge is 0.407 e. The first-order chi connectivity index (χ1) is 34.2. The van der Waals surface area contributed by atoms with Gasteiger partial charge in [-0.2, -0.15) is 0 Å². The number of aromatic nitrogens is 2. The van der Waals surface area contributed by atoms with Gasteiger partial charge in [0, 0.05) is 47.8 Å². The highest BCUT2D eigenvalue weighted by Gasteiger charge is 2.35. The summed E-state index contributed by atoms with van der Waals surface area (Å²) < 4.78 is 38.2. The van der Waals surface area contributed by atoms with Gasteiger partial charge in [0.1, 0.15) is 31.1 Å². The number of aryl methyl sites for hydroxylation is 1. The van der Waals surface area contributed by atoms with Crippen molar-refractivity contribution in [2.45, 2.75) is 97.2 Å². The van der Waals surface area contributed by atoms with Crippen molar-refractivity contribution in [1.82, 2.24) is 30.4 Å².